The molecule has 2 N–H and O–H groups in total. The first kappa shape index (κ1) is 15.9. The van der Waals surface area contributed by atoms with Gasteiger partial charge in [0, 0.05) is 32.6 Å². The number of nitrogens with one attached hydrogen (secondary N) is 2. The fraction of sp³-hybridized carbons (Fsp3) is 0.500. The maximum Gasteiger partial charge on any atom is 0.243 e. The van der Waals surface area contributed by atoms with Crippen molar-refractivity contribution in [2.75, 3.05) is 26.2 Å². The first-order chi connectivity index (χ1) is 10.0. The molecular weight excluding hydrogens is 290 g/mol. The zero-order chi connectivity index (χ0) is 15.3. The number of hydrogen-bond donors (Lipinski definition) is 2. The molecule has 0 radical (unpaired) electrons. The van der Waals surface area contributed by atoms with E-state index in [9.17, 15) is 13.2 Å². The molecule has 0 aromatic heterocycles. The average molecular weight is 311 g/mol. The van der Waals surface area contributed by atoms with E-state index in [1.807, 2.05) is 19.1 Å². The van der Waals surface area contributed by atoms with Crippen LogP contribution < -0.4 is 10.6 Å². The van der Waals surface area contributed by atoms with Crippen molar-refractivity contribution < 1.29 is 13.2 Å². The normalized spacial score (nSPS) is 17.3. The molecular formula is C14H21N3O3S. The molecule has 1 aromatic carbocycles. The van der Waals surface area contributed by atoms with Gasteiger partial charge in [0.1, 0.15) is 0 Å². The molecule has 1 heterocycles. The summed E-state index contributed by atoms with van der Waals surface area (Å²) in [5.41, 5.74) is 1.04. The van der Waals surface area contributed by atoms with Crippen LogP contribution in [0.1, 0.15) is 18.9 Å². The molecule has 0 atom stereocenters. The minimum atomic E-state index is -3.53. The summed E-state index contributed by atoms with van der Waals surface area (Å²) in [5, 5.41) is 5.87. The Hall–Kier alpha value is -1.44. The SMILES string of the molecule is CCNCc1ccc(S(=O)(=O)N2CCNC(=O)CC2)cc1. The third-order valence-electron chi connectivity index (χ3n) is 3.41. The maximum absolute atomic E-state index is 12.5. The highest BCUT2D eigenvalue weighted by Gasteiger charge is 2.26. The van der Waals surface area contributed by atoms with Crippen LogP contribution in [0.3, 0.4) is 0 Å². The van der Waals surface area contributed by atoms with E-state index in [1.165, 1.54) is 4.31 Å². The zero-order valence-corrected chi connectivity index (χ0v) is 12.9. The van der Waals surface area contributed by atoms with Crippen molar-refractivity contribution in [1.82, 2.24) is 14.9 Å². The zero-order valence-electron chi connectivity index (χ0n) is 12.1. The minimum absolute atomic E-state index is 0.103. The van der Waals surface area contributed by atoms with Crippen LogP contribution in [0, 0.1) is 0 Å². The van der Waals surface area contributed by atoms with Gasteiger partial charge in [-0.3, -0.25) is 4.79 Å². The fourth-order valence-corrected chi connectivity index (χ4v) is 3.63. The Morgan fingerprint density at radius 1 is 1.24 bits per heavy atom. The van der Waals surface area contributed by atoms with Crippen molar-refractivity contribution >= 4 is 15.9 Å². The van der Waals surface area contributed by atoms with Gasteiger partial charge in [-0.15, -0.1) is 0 Å². The highest BCUT2D eigenvalue weighted by molar-refractivity contribution is 7.89. The molecule has 0 saturated carbocycles. The molecule has 1 aliphatic rings. The summed E-state index contributed by atoms with van der Waals surface area (Å²) >= 11 is 0. The molecule has 2 rings (SSSR count). The van der Waals surface area contributed by atoms with Crippen molar-refractivity contribution in [3.05, 3.63) is 29.8 Å². The average Bonchev–Trinajstić information content (AvgIpc) is 2.70. The largest absolute Gasteiger partial charge is 0.355 e. The second-order valence-electron chi connectivity index (χ2n) is 4.93. The molecule has 116 valence electrons. The summed E-state index contributed by atoms with van der Waals surface area (Å²) in [6.45, 7) is 4.51. The van der Waals surface area contributed by atoms with Crippen molar-refractivity contribution in [2.45, 2.75) is 24.8 Å². The van der Waals surface area contributed by atoms with E-state index < -0.39 is 10.0 Å². The van der Waals surface area contributed by atoms with E-state index in [-0.39, 0.29) is 23.8 Å². The van der Waals surface area contributed by atoms with Gasteiger partial charge in [0.25, 0.3) is 0 Å². The van der Waals surface area contributed by atoms with Gasteiger partial charge in [-0.05, 0) is 24.2 Å². The van der Waals surface area contributed by atoms with Crippen LogP contribution in [0.4, 0.5) is 0 Å². The summed E-state index contributed by atoms with van der Waals surface area (Å²) in [4.78, 5) is 11.6. The Balaban J connectivity index is 2.13. The number of hydrogen-bond acceptors (Lipinski definition) is 4. The Morgan fingerprint density at radius 3 is 2.62 bits per heavy atom. The first-order valence-corrected chi connectivity index (χ1v) is 8.54. The third kappa shape index (κ3) is 4.03. The Labute approximate surface area is 125 Å². The fourth-order valence-electron chi connectivity index (χ4n) is 2.18. The number of sulfonamides is 1. The first-order valence-electron chi connectivity index (χ1n) is 7.10. The van der Waals surface area contributed by atoms with Gasteiger partial charge >= 0.3 is 0 Å². The molecule has 7 heteroatoms. The van der Waals surface area contributed by atoms with E-state index in [0.717, 1.165) is 18.7 Å². The van der Waals surface area contributed by atoms with Gasteiger partial charge in [-0.2, -0.15) is 4.31 Å². The molecule has 1 saturated heterocycles. The lowest BCUT2D eigenvalue weighted by Gasteiger charge is -2.19. The van der Waals surface area contributed by atoms with Crippen LogP contribution in [-0.4, -0.2) is 44.8 Å². The lowest BCUT2D eigenvalue weighted by molar-refractivity contribution is -0.120. The molecule has 6 nitrogen and oxygen atoms in total. The number of rotatable bonds is 5. The Kier molecular flexibility index (Phi) is 5.33. The predicted molar refractivity (Wildman–Crippen MR) is 80.2 cm³/mol. The van der Waals surface area contributed by atoms with Crippen LogP contribution in [0.5, 0.6) is 0 Å². The molecule has 0 spiro atoms. The molecule has 1 aliphatic heterocycles. The van der Waals surface area contributed by atoms with E-state index >= 15 is 0 Å². The van der Waals surface area contributed by atoms with Crippen LogP contribution in [-0.2, 0) is 21.4 Å². The number of nitrogens with zero attached hydrogens (tertiary/aromatic N) is 1. The van der Waals surface area contributed by atoms with E-state index in [2.05, 4.69) is 10.6 Å². The second-order valence-corrected chi connectivity index (χ2v) is 6.87. The van der Waals surface area contributed by atoms with Crippen LogP contribution in [0.25, 0.3) is 0 Å². The summed E-state index contributed by atoms with van der Waals surface area (Å²) in [7, 11) is -3.53. The van der Waals surface area contributed by atoms with Crippen LogP contribution in [0.15, 0.2) is 29.2 Å². The summed E-state index contributed by atoms with van der Waals surface area (Å²) in [6.07, 6.45) is 0.206. The van der Waals surface area contributed by atoms with Crippen molar-refractivity contribution in [3.63, 3.8) is 0 Å². The molecule has 1 fully saturated rings. The standard InChI is InChI=1S/C14H21N3O3S/c1-2-15-11-12-3-5-13(6-4-12)21(19,20)17-9-7-14(18)16-8-10-17/h3-6,15H,2,7-11H2,1H3,(H,16,18). The lowest BCUT2D eigenvalue weighted by Crippen LogP contribution is -2.34. The Morgan fingerprint density at radius 2 is 1.95 bits per heavy atom. The van der Waals surface area contributed by atoms with E-state index in [0.29, 0.717) is 13.1 Å². The molecule has 1 aromatic rings. The van der Waals surface area contributed by atoms with Gasteiger partial charge in [-0.25, -0.2) is 8.42 Å². The molecule has 0 aliphatic carbocycles. The number of benzene rings is 1. The molecule has 0 unspecified atom stereocenters. The summed E-state index contributed by atoms with van der Waals surface area (Å²) in [6, 6.07) is 6.89. The highest BCUT2D eigenvalue weighted by Crippen LogP contribution is 2.17. The van der Waals surface area contributed by atoms with Crippen molar-refractivity contribution in [3.8, 4) is 0 Å². The molecule has 21 heavy (non-hydrogen) atoms. The van der Waals surface area contributed by atoms with Crippen molar-refractivity contribution in [1.29, 1.82) is 0 Å². The van der Waals surface area contributed by atoms with Gasteiger partial charge in [0.15, 0.2) is 0 Å². The van der Waals surface area contributed by atoms with Gasteiger partial charge in [0.2, 0.25) is 15.9 Å². The van der Waals surface area contributed by atoms with Crippen molar-refractivity contribution in [2.24, 2.45) is 0 Å². The Bertz CT molecular complexity index is 584. The number of carbonyl (C=O) groups excluding carboxylic acids is 1. The quantitative estimate of drug-likeness (QED) is 0.820. The topological polar surface area (TPSA) is 78.5 Å². The highest BCUT2D eigenvalue weighted by atomic mass is 32.2. The predicted octanol–water partition coefficient (Wildman–Crippen LogP) is 0.307. The van der Waals surface area contributed by atoms with Crippen LogP contribution >= 0.6 is 0 Å². The lowest BCUT2D eigenvalue weighted by atomic mass is 10.2. The summed E-state index contributed by atoms with van der Waals surface area (Å²) in [5.74, 6) is -0.103. The van der Waals surface area contributed by atoms with Gasteiger partial charge < -0.3 is 10.6 Å². The monoisotopic (exact) mass is 311 g/mol. The second kappa shape index (κ2) is 7.02. The van der Waals surface area contributed by atoms with E-state index in [4.69, 9.17) is 0 Å². The summed E-state index contributed by atoms with van der Waals surface area (Å²) < 4.78 is 26.5. The molecule has 1 amide bonds. The number of carbonyl (C=O) groups is 1. The smallest absolute Gasteiger partial charge is 0.243 e. The van der Waals surface area contributed by atoms with Crippen LogP contribution in [0.2, 0.25) is 0 Å². The van der Waals surface area contributed by atoms with Gasteiger partial charge in [-0.1, -0.05) is 19.1 Å². The third-order valence-corrected chi connectivity index (χ3v) is 5.32. The molecule has 0 bridgehead atoms. The van der Waals surface area contributed by atoms with Gasteiger partial charge in [0.05, 0.1) is 4.90 Å². The van der Waals surface area contributed by atoms with E-state index in [1.54, 1.807) is 12.1 Å². The minimum Gasteiger partial charge on any atom is -0.355 e. The number of amides is 1. The maximum atomic E-state index is 12.5.